The Morgan fingerprint density at radius 2 is 1.84 bits per heavy atom. The average Bonchev–Trinajstić information content (AvgIpc) is 2.75. The van der Waals surface area contributed by atoms with Crippen LogP contribution in [0.3, 0.4) is 0 Å². The molecular formula is C21H19ClN4O5. The van der Waals surface area contributed by atoms with Crippen LogP contribution in [0.2, 0.25) is 5.02 Å². The number of carbonyl (C=O) groups excluding carboxylic acids is 1. The number of nitrogens with zero attached hydrogens (tertiary/aromatic N) is 3. The molecular weight excluding hydrogens is 424 g/mol. The van der Waals surface area contributed by atoms with E-state index in [1.165, 1.54) is 43.5 Å². The minimum Gasteiger partial charge on any atom is -0.493 e. The predicted molar refractivity (Wildman–Crippen MR) is 118 cm³/mol. The third-order valence-corrected chi connectivity index (χ3v) is 4.46. The Morgan fingerprint density at radius 1 is 1.10 bits per heavy atom. The first-order chi connectivity index (χ1) is 14.8. The summed E-state index contributed by atoms with van der Waals surface area (Å²) in [5, 5.41) is 14.2. The fourth-order valence-corrected chi connectivity index (χ4v) is 2.83. The molecule has 9 nitrogen and oxygen atoms in total. The standard InChI is InChI=1S/C21H19ClN4O5/c1-25(2)20-9-6-15(12-23-20)24-21(27)13-4-7-18(19(10-13)30-3)31-17-8-5-14(22)11-16(17)26(28)29/h4-12H,1-3H3,(H,24,27). The Bertz CT molecular complexity index is 1120. The number of nitro benzene ring substituents is 1. The summed E-state index contributed by atoms with van der Waals surface area (Å²) in [6.45, 7) is 0. The molecule has 1 N–H and O–H groups in total. The van der Waals surface area contributed by atoms with Crippen LogP contribution in [0.5, 0.6) is 17.2 Å². The zero-order valence-electron chi connectivity index (χ0n) is 17.0. The number of nitro groups is 1. The molecule has 0 spiro atoms. The van der Waals surface area contributed by atoms with E-state index in [0.29, 0.717) is 11.3 Å². The second-order valence-corrected chi connectivity index (χ2v) is 7.03. The summed E-state index contributed by atoms with van der Waals surface area (Å²) in [4.78, 5) is 29.4. The number of carbonyl (C=O) groups is 1. The lowest BCUT2D eigenvalue weighted by Crippen LogP contribution is -2.14. The van der Waals surface area contributed by atoms with Gasteiger partial charge in [0.2, 0.25) is 5.75 Å². The lowest BCUT2D eigenvalue weighted by atomic mass is 10.2. The maximum atomic E-state index is 12.6. The quantitative estimate of drug-likeness (QED) is 0.415. The van der Waals surface area contributed by atoms with Crippen LogP contribution in [0.1, 0.15) is 10.4 Å². The summed E-state index contributed by atoms with van der Waals surface area (Å²) < 4.78 is 11.0. The van der Waals surface area contributed by atoms with Crippen LogP contribution in [0.25, 0.3) is 0 Å². The van der Waals surface area contributed by atoms with Crippen molar-refractivity contribution in [2.75, 3.05) is 31.4 Å². The maximum absolute atomic E-state index is 12.6. The molecule has 0 unspecified atom stereocenters. The first kappa shape index (κ1) is 21.8. The summed E-state index contributed by atoms with van der Waals surface area (Å²) in [6.07, 6.45) is 1.56. The van der Waals surface area contributed by atoms with Crippen LogP contribution in [-0.4, -0.2) is 37.0 Å². The van der Waals surface area contributed by atoms with Crippen LogP contribution in [0, 0.1) is 10.1 Å². The van der Waals surface area contributed by atoms with Gasteiger partial charge in [-0.15, -0.1) is 0 Å². The van der Waals surface area contributed by atoms with E-state index in [9.17, 15) is 14.9 Å². The molecule has 0 saturated heterocycles. The molecule has 3 aromatic rings. The Hall–Kier alpha value is -3.85. The molecule has 2 aromatic carbocycles. The van der Waals surface area contributed by atoms with Gasteiger partial charge in [0.1, 0.15) is 5.82 Å². The topological polar surface area (TPSA) is 107 Å². The minimum absolute atomic E-state index is 0.00282. The second-order valence-electron chi connectivity index (χ2n) is 6.59. The van der Waals surface area contributed by atoms with Crippen LogP contribution in [0.15, 0.2) is 54.7 Å². The normalized spacial score (nSPS) is 10.3. The van der Waals surface area contributed by atoms with Gasteiger partial charge < -0.3 is 19.7 Å². The molecule has 0 bridgehead atoms. The fourth-order valence-electron chi connectivity index (χ4n) is 2.66. The number of rotatable bonds is 7. The first-order valence-corrected chi connectivity index (χ1v) is 9.41. The number of anilines is 2. The van der Waals surface area contributed by atoms with E-state index >= 15 is 0 Å². The number of hydrogen-bond donors (Lipinski definition) is 1. The van der Waals surface area contributed by atoms with E-state index in [-0.39, 0.29) is 33.9 Å². The molecule has 31 heavy (non-hydrogen) atoms. The van der Waals surface area contributed by atoms with Crippen molar-refractivity contribution in [2.45, 2.75) is 0 Å². The molecule has 0 radical (unpaired) electrons. The monoisotopic (exact) mass is 442 g/mol. The highest BCUT2D eigenvalue weighted by Gasteiger charge is 2.19. The largest absolute Gasteiger partial charge is 0.493 e. The number of nitrogens with one attached hydrogen (secondary N) is 1. The Balaban J connectivity index is 1.81. The van der Waals surface area contributed by atoms with Crippen molar-refractivity contribution in [1.29, 1.82) is 0 Å². The number of hydrogen-bond acceptors (Lipinski definition) is 7. The first-order valence-electron chi connectivity index (χ1n) is 9.03. The van der Waals surface area contributed by atoms with Crippen molar-refractivity contribution in [1.82, 2.24) is 4.98 Å². The molecule has 0 atom stereocenters. The van der Waals surface area contributed by atoms with Crippen molar-refractivity contribution < 1.29 is 19.2 Å². The Labute approximate surface area is 183 Å². The van der Waals surface area contributed by atoms with E-state index in [1.807, 2.05) is 19.0 Å². The molecule has 0 fully saturated rings. The van der Waals surface area contributed by atoms with Gasteiger partial charge in [0.25, 0.3) is 5.91 Å². The number of aromatic nitrogens is 1. The highest BCUT2D eigenvalue weighted by Crippen LogP contribution is 2.38. The summed E-state index contributed by atoms with van der Waals surface area (Å²) >= 11 is 5.83. The average molecular weight is 443 g/mol. The highest BCUT2D eigenvalue weighted by atomic mass is 35.5. The zero-order chi connectivity index (χ0) is 22.5. The van der Waals surface area contributed by atoms with Crippen LogP contribution in [-0.2, 0) is 0 Å². The van der Waals surface area contributed by atoms with Gasteiger partial charge in [0, 0.05) is 30.7 Å². The minimum atomic E-state index is -0.592. The second kappa shape index (κ2) is 9.31. The molecule has 0 saturated carbocycles. The van der Waals surface area contributed by atoms with Crippen molar-refractivity contribution >= 4 is 34.7 Å². The Morgan fingerprint density at radius 3 is 2.45 bits per heavy atom. The van der Waals surface area contributed by atoms with Gasteiger partial charge >= 0.3 is 5.69 Å². The Kier molecular flexibility index (Phi) is 6.56. The SMILES string of the molecule is COc1cc(C(=O)Nc2ccc(N(C)C)nc2)ccc1Oc1ccc(Cl)cc1[N+](=O)[O-]. The van der Waals surface area contributed by atoms with E-state index in [2.05, 4.69) is 10.3 Å². The van der Waals surface area contributed by atoms with Gasteiger partial charge in [-0.3, -0.25) is 14.9 Å². The number of pyridine rings is 1. The van der Waals surface area contributed by atoms with Gasteiger partial charge in [-0.1, -0.05) is 11.6 Å². The van der Waals surface area contributed by atoms with Crippen molar-refractivity contribution in [2.24, 2.45) is 0 Å². The van der Waals surface area contributed by atoms with Crippen molar-refractivity contribution in [3.63, 3.8) is 0 Å². The lowest BCUT2D eigenvalue weighted by molar-refractivity contribution is -0.385. The van der Waals surface area contributed by atoms with Crippen molar-refractivity contribution in [3.05, 3.63) is 75.4 Å². The fraction of sp³-hybridized carbons (Fsp3) is 0.143. The van der Waals surface area contributed by atoms with Gasteiger partial charge in [-0.25, -0.2) is 4.98 Å². The molecule has 0 aliphatic heterocycles. The number of methoxy groups -OCH3 is 1. The van der Waals surface area contributed by atoms with Gasteiger partial charge in [-0.2, -0.15) is 0 Å². The maximum Gasteiger partial charge on any atom is 0.313 e. The molecule has 0 aliphatic rings. The van der Waals surface area contributed by atoms with Crippen LogP contribution in [0.4, 0.5) is 17.2 Å². The third-order valence-electron chi connectivity index (χ3n) is 4.23. The number of amides is 1. The molecule has 3 rings (SSSR count). The molecule has 1 amide bonds. The summed E-state index contributed by atoms with van der Waals surface area (Å²) in [5.74, 6) is 0.829. The summed E-state index contributed by atoms with van der Waals surface area (Å²) in [7, 11) is 5.15. The van der Waals surface area contributed by atoms with Crippen molar-refractivity contribution in [3.8, 4) is 17.2 Å². The summed E-state index contributed by atoms with van der Waals surface area (Å²) in [6, 6.07) is 12.1. The summed E-state index contributed by atoms with van der Waals surface area (Å²) in [5.41, 5.74) is 0.559. The van der Waals surface area contributed by atoms with E-state index in [0.717, 1.165) is 5.82 Å². The highest BCUT2D eigenvalue weighted by molar-refractivity contribution is 6.30. The number of ether oxygens (including phenoxy) is 2. The third kappa shape index (κ3) is 5.20. The van der Waals surface area contributed by atoms with E-state index in [4.69, 9.17) is 21.1 Å². The molecule has 10 heteroatoms. The van der Waals surface area contributed by atoms with Crippen LogP contribution < -0.4 is 19.7 Å². The zero-order valence-corrected chi connectivity index (χ0v) is 17.7. The van der Waals surface area contributed by atoms with E-state index in [1.54, 1.807) is 18.3 Å². The van der Waals surface area contributed by atoms with Crippen LogP contribution >= 0.6 is 11.6 Å². The number of halogens is 1. The number of benzene rings is 2. The van der Waals surface area contributed by atoms with Gasteiger partial charge in [-0.05, 0) is 42.5 Å². The molecule has 1 aromatic heterocycles. The van der Waals surface area contributed by atoms with E-state index < -0.39 is 4.92 Å². The lowest BCUT2D eigenvalue weighted by Gasteiger charge is -2.13. The predicted octanol–water partition coefficient (Wildman–Crippen LogP) is 4.76. The van der Waals surface area contributed by atoms with Gasteiger partial charge in [0.15, 0.2) is 11.5 Å². The van der Waals surface area contributed by atoms with Gasteiger partial charge in [0.05, 0.1) is 23.9 Å². The smallest absolute Gasteiger partial charge is 0.313 e. The molecule has 160 valence electrons. The molecule has 0 aliphatic carbocycles. The molecule has 1 heterocycles.